The minimum Gasteiger partial charge on any atom is -0.339 e. The van der Waals surface area contributed by atoms with Gasteiger partial charge in [-0.25, -0.2) is 8.42 Å². The zero-order chi connectivity index (χ0) is 18.2. The summed E-state index contributed by atoms with van der Waals surface area (Å²) in [6.07, 6.45) is 2.71. The molecular formula is C17H23N3O4S. The third-order valence-corrected chi connectivity index (χ3v) is 5.99. The molecular weight excluding hydrogens is 342 g/mol. The van der Waals surface area contributed by atoms with Gasteiger partial charge in [-0.05, 0) is 36.6 Å². The minimum atomic E-state index is -3.31. The topological polar surface area (TPSA) is 78.0 Å². The Morgan fingerprint density at radius 1 is 1.00 bits per heavy atom. The second-order valence-electron chi connectivity index (χ2n) is 6.58. The predicted octanol–water partition coefficient (Wildman–Crippen LogP) is 0.703. The number of hydrogen-bond donors (Lipinski definition) is 0. The summed E-state index contributed by atoms with van der Waals surface area (Å²) in [4.78, 5) is 27.6. The van der Waals surface area contributed by atoms with Crippen molar-refractivity contribution in [2.75, 3.05) is 43.3 Å². The second-order valence-corrected chi connectivity index (χ2v) is 8.49. The number of piperazine rings is 1. The molecule has 0 N–H and O–H groups in total. The van der Waals surface area contributed by atoms with E-state index in [0.717, 1.165) is 18.4 Å². The van der Waals surface area contributed by atoms with Crippen LogP contribution in [-0.4, -0.2) is 69.0 Å². The van der Waals surface area contributed by atoms with E-state index in [9.17, 15) is 18.0 Å². The number of amides is 2. The number of fused-ring (bicyclic) bond motifs is 1. The standard InChI is InChI=1S/C17H23N3O4S/c1-13(21)18-8-10-19(11-9-18)17(22)15-5-6-16-14(12-15)4-3-7-20(16)25(2,23)24/h5-6,12H,3-4,7-11H2,1-2H3. The monoisotopic (exact) mass is 365 g/mol. The molecule has 2 aliphatic rings. The summed E-state index contributed by atoms with van der Waals surface area (Å²) in [7, 11) is -3.31. The van der Waals surface area contributed by atoms with Crippen LogP contribution in [0.1, 0.15) is 29.3 Å². The average molecular weight is 365 g/mol. The van der Waals surface area contributed by atoms with Crippen molar-refractivity contribution in [2.24, 2.45) is 0 Å². The third-order valence-electron chi connectivity index (χ3n) is 4.81. The first-order valence-electron chi connectivity index (χ1n) is 8.43. The van der Waals surface area contributed by atoms with Crippen LogP contribution in [-0.2, 0) is 21.2 Å². The SMILES string of the molecule is CC(=O)N1CCN(C(=O)c2ccc3c(c2)CCCN3S(C)(=O)=O)CC1. The average Bonchev–Trinajstić information content (AvgIpc) is 2.59. The van der Waals surface area contributed by atoms with Gasteiger partial charge in [0.15, 0.2) is 0 Å². The van der Waals surface area contributed by atoms with Gasteiger partial charge < -0.3 is 9.80 Å². The lowest BCUT2D eigenvalue weighted by Crippen LogP contribution is -2.50. The Labute approximate surface area is 148 Å². The van der Waals surface area contributed by atoms with E-state index in [1.54, 1.807) is 21.9 Å². The number of aryl methyl sites for hydroxylation is 1. The van der Waals surface area contributed by atoms with Crippen molar-refractivity contribution in [3.05, 3.63) is 29.3 Å². The van der Waals surface area contributed by atoms with Gasteiger partial charge in [0.05, 0.1) is 11.9 Å². The molecule has 2 amide bonds. The highest BCUT2D eigenvalue weighted by molar-refractivity contribution is 7.92. The van der Waals surface area contributed by atoms with Crippen LogP contribution in [0, 0.1) is 0 Å². The molecule has 2 aliphatic heterocycles. The van der Waals surface area contributed by atoms with Gasteiger partial charge >= 0.3 is 0 Å². The van der Waals surface area contributed by atoms with Crippen LogP contribution in [0.4, 0.5) is 5.69 Å². The molecule has 0 unspecified atom stereocenters. The smallest absolute Gasteiger partial charge is 0.253 e. The second kappa shape index (κ2) is 6.67. The predicted molar refractivity (Wildman–Crippen MR) is 95.1 cm³/mol. The van der Waals surface area contributed by atoms with Crippen molar-refractivity contribution < 1.29 is 18.0 Å². The maximum absolute atomic E-state index is 12.7. The number of hydrogen-bond acceptors (Lipinski definition) is 4. The largest absolute Gasteiger partial charge is 0.339 e. The summed E-state index contributed by atoms with van der Waals surface area (Å²) in [6, 6.07) is 5.24. The number of carbonyl (C=O) groups is 2. The first-order chi connectivity index (χ1) is 11.8. The lowest BCUT2D eigenvalue weighted by molar-refractivity contribution is -0.130. The van der Waals surface area contributed by atoms with Crippen LogP contribution >= 0.6 is 0 Å². The molecule has 8 heteroatoms. The van der Waals surface area contributed by atoms with E-state index in [4.69, 9.17) is 0 Å². The van der Waals surface area contributed by atoms with Crippen molar-refractivity contribution in [3.63, 3.8) is 0 Å². The first kappa shape index (κ1) is 17.7. The number of rotatable bonds is 2. The first-order valence-corrected chi connectivity index (χ1v) is 10.3. The molecule has 3 rings (SSSR count). The fraction of sp³-hybridized carbons (Fsp3) is 0.529. The van der Waals surface area contributed by atoms with Crippen molar-refractivity contribution >= 4 is 27.5 Å². The van der Waals surface area contributed by atoms with Crippen molar-refractivity contribution in [2.45, 2.75) is 19.8 Å². The number of carbonyl (C=O) groups excluding carboxylic acids is 2. The van der Waals surface area contributed by atoms with Crippen LogP contribution in [0.15, 0.2) is 18.2 Å². The van der Waals surface area contributed by atoms with Gasteiger partial charge in [-0.2, -0.15) is 0 Å². The normalized spacial score (nSPS) is 18.1. The summed E-state index contributed by atoms with van der Waals surface area (Å²) < 4.78 is 25.2. The molecule has 0 bridgehead atoms. The zero-order valence-corrected chi connectivity index (χ0v) is 15.4. The summed E-state index contributed by atoms with van der Waals surface area (Å²) in [5, 5.41) is 0. The number of anilines is 1. The van der Waals surface area contributed by atoms with Crippen LogP contribution in [0.5, 0.6) is 0 Å². The van der Waals surface area contributed by atoms with Gasteiger partial charge in [-0.15, -0.1) is 0 Å². The molecule has 0 aromatic heterocycles. The maximum atomic E-state index is 12.7. The Kier molecular flexibility index (Phi) is 4.73. The quantitative estimate of drug-likeness (QED) is 0.773. The number of benzene rings is 1. The maximum Gasteiger partial charge on any atom is 0.253 e. The van der Waals surface area contributed by atoms with Gasteiger partial charge in [-0.3, -0.25) is 13.9 Å². The van der Waals surface area contributed by atoms with Gasteiger partial charge in [-0.1, -0.05) is 0 Å². The van der Waals surface area contributed by atoms with E-state index in [1.165, 1.54) is 17.5 Å². The van der Waals surface area contributed by atoms with Crippen molar-refractivity contribution in [1.29, 1.82) is 0 Å². The van der Waals surface area contributed by atoms with Gasteiger partial charge in [0.2, 0.25) is 15.9 Å². The fourth-order valence-corrected chi connectivity index (χ4v) is 4.44. The molecule has 7 nitrogen and oxygen atoms in total. The van der Waals surface area contributed by atoms with E-state index in [-0.39, 0.29) is 11.8 Å². The van der Waals surface area contributed by atoms with E-state index >= 15 is 0 Å². The molecule has 1 fully saturated rings. The Hall–Kier alpha value is -2.09. The highest BCUT2D eigenvalue weighted by Gasteiger charge is 2.27. The summed E-state index contributed by atoms with van der Waals surface area (Å²) >= 11 is 0. The fourth-order valence-electron chi connectivity index (χ4n) is 3.45. The minimum absolute atomic E-state index is 0.0294. The highest BCUT2D eigenvalue weighted by Crippen LogP contribution is 2.30. The molecule has 0 saturated carbocycles. The van der Waals surface area contributed by atoms with Crippen LogP contribution in [0.2, 0.25) is 0 Å². The molecule has 2 heterocycles. The van der Waals surface area contributed by atoms with Gasteiger partial charge in [0.25, 0.3) is 5.91 Å². The third kappa shape index (κ3) is 3.63. The Bertz CT molecular complexity index is 798. The van der Waals surface area contributed by atoms with Crippen LogP contribution in [0.25, 0.3) is 0 Å². The number of nitrogens with zero attached hydrogens (tertiary/aromatic N) is 3. The Morgan fingerprint density at radius 2 is 1.64 bits per heavy atom. The lowest BCUT2D eigenvalue weighted by atomic mass is 10.00. The molecule has 1 saturated heterocycles. The summed E-state index contributed by atoms with van der Waals surface area (Å²) in [5.41, 5.74) is 2.14. The molecule has 0 atom stereocenters. The molecule has 1 aromatic rings. The molecule has 136 valence electrons. The zero-order valence-electron chi connectivity index (χ0n) is 14.6. The van der Waals surface area contributed by atoms with Crippen molar-refractivity contribution in [3.8, 4) is 0 Å². The van der Waals surface area contributed by atoms with Crippen LogP contribution in [0.3, 0.4) is 0 Å². The molecule has 25 heavy (non-hydrogen) atoms. The van der Waals surface area contributed by atoms with Crippen molar-refractivity contribution in [1.82, 2.24) is 9.80 Å². The number of sulfonamides is 1. The van der Waals surface area contributed by atoms with Gasteiger partial charge in [0, 0.05) is 45.2 Å². The summed E-state index contributed by atoms with van der Waals surface area (Å²) in [5.74, 6) is -0.0378. The van der Waals surface area contributed by atoms with Gasteiger partial charge in [0.1, 0.15) is 0 Å². The molecule has 0 radical (unpaired) electrons. The molecule has 0 aliphatic carbocycles. The Balaban J connectivity index is 1.78. The molecule has 0 spiro atoms. The van der Waals surface area contributed by atoms with E-state index in [2.05, 4.69) is 0 Å². The van der Waals surface area contributed by atoms with E-state index in [0.29, 0.717) is 44.0 Å². The highest BCUT2D eigenvalue weighted by atomic mass is 32.2. The summed E-state index contributed by atoms with van der Waals surface area (Å²) in [6.45, 7) is 4.15. The van der Waals surface area contributed by atoms with Crippen LogP contribution < -0.4 is 4.31 Å². The lowest BCUT2D eigenvalue weighted by Gasteiger charge is -2.34. The molecule has 1 aromatic carbocycles. The Morgan fingerprint density at radius 3 is 2.24 bits per heavy atom. The van der Waals surface area contributed by atoms with E-state index < -0.39 is 10.0 Å². The van der Waals surface area contributed by atoms with E-state index in [1.807, 2.05) is 6.07 Å².